The Balaban J connectivity index is 1.76. The summed E-state index contributed by atoms with van der Waals surface area (Å²) >= 11 is 0. The summed E-state index contributed by atoms with van der Waals surface area (Å²) < 4.78 is 25.7. The number of rotatable bonds is 4. The molecule has 0 spiro atoms. The molecule has 1 aliphatic heterocycles. The Labute approximate surface area is 129 Å². The van der Waals surface area contributed by atoms with E-state index in [1.807, 2.05) is 6.20 Å². The van der Waals surface area contributed by atoms with Crippen molar-refractivity contribution in [1.82, 2.24) is 19.7 Å². The van der Waals surface area contributed by atoms with Crippen molar-refractivity contribution >= 4 is 15.8 Å². The van der Waals surface area contributed by atoms with Crippen LogP contribution in [-0.2, 0) is 10.0 Å². The first-order chi connectivity index (χ1) is 10.6. The molecule has 0 bridgehead atoms. The second-order valence-corrected chi connectivity index (χ2v) is 7.21. The fraction of sp³-hybridized carbons (Fsp3) is 0.429. The van der Waals surface area contributed by atoms with E-state index in [4.69, 9.17) is 0 Å². The predicted octanol–water partition coefficient (Wildman–Crippen LogP) is 1.10. The highest BCUT2D eigenvalue weighted by atomic mass is 32.2. The highest BCUT2D eigenvalue weighted by molar-refractivity contribution is 7.89. The van der Waals surface area contributed by atoms with Crippen molar-refractivity contribution in [2.24, 2.45) is 0 Å². The van der Waals surface area contributed by atoms with Gasteiger partial charge in [-0.3, -0.25) is 0 Å². The van der Waals surface area contributed by atoms with Crippen LogP contribution < -0.4 is 9.62 Å². The van der Waals surface area contributed by atoms with Crippen LogP contribution in [-0.4, -0.2) is 43.5 Å². The lowest BCUT2D eigenvalue weighted by Crippen LogP contribution is -2.35. The van der Waals surface area contributed by atoms with E-state index in [-0.39, 0.29) is 4.90 Å². The van der Waals surface area contributed by atoms with Crippen LogP contribution in [0.2, 0.25) is 0 Å². The summed E-state index contributed by atoms with van der Waals surface area (Å²) in [4.78, 5) is 14.2. The number of aromatic amines is 1. The molecule has 3 heterocycles. The Hall–Kier alpha value is -1.93. The molecule has 0 amide bonds. The summed E-state index contributed by atoms with van der Waals surface area (Å²) in [7, 11) is -2.05. The third-order valence-corrected chi connectivity index (χ3v) is 5.35. The SMILES string of the molecule is CNS(=O)(=O)c1ccc(N2CCCC(c3ncc[nH]3)C2)nc1. The molecule has 0 aromatic carbocycles. The lowest BCUT2D eigenvalue weighted by molar-refractivity contribution is 0.491. The highest BCUT2D eigenvalue weighted by Gasteiger charge is 2.24. The van der Waals surface area contributed by atoms with Crippen LogP contribution in [0.15, 0.2) is 35.6 Å². The number of H-pyrrole nitrogens is 1. The van der Waals surface area contributed by atoms with Crippen LogP contribution in [0.3, 0.4) is 0 Å². The number of aromatic nitrogens is 3. The largest absolute Gasteiger partial charge is 0.356 e. The molecule has 1 saturated heterocycles. The maximum atomic E-state index is 11.7. The maximum Gasteiger partial charge on any atom is 0.241 e. The van der Waals surface area contributed by atoms with Gasteiger partial charge in [0.15, 0.2) is 0 Å². The summed E-state index contributed by atoms with van der Waals surface area (Å²) in [6.07, 6.45) is 7.16. The fourth-order valence-electron chi connectivity index (χ4n) is 2.75. The molecule has 8 heteroatoms. The molecule has 1 unspecified atom stereocenters. The Bertz CT molecular complexity index is 712. The lowest BCUT2D eigenvalue weighted by atomic mass is 9.97. The van der Waals surface area contributed by atoms with Gasteiger partial charge in [-0.25, -0.2) is 23.1 Å². The molecule has 3 rings (SSSR count). The van der Waals surface area contributed by atoms with Gasteiger partial charge in [0.2, 0.25) is 10.0 Å². The first kappa shape index (κ1) is 15.0. The number of sulfonamides is 1. The number of nitrogens with zero attached hydrogens (tertiary/aromatic N) is 3. The first-order valence-corrected chi connectivity index (χ1v) is 8.72. The molecule has 0 aliphatic carbocycles. The zero-order valence-electron chi connectivity index (χ0n) is 12.4. The number of piperidine rings is 1. The highest BCUT2D eigenvalue weighted by Crippen LogP contribution is 2.27. The van der Waals surface area contributed by atoms with Crippen LogP contribution in [0.5, 0.6) is 0 Å². The van der Waals surface area contributed by atoms with Gasteiger partial charge < -0.3 is 9.88 Å². The number of imidazole rings is 1. The number of nitrogens with one attached hydrogen (secondary N) is 2. The molecular weight excluding hydrogens is 302 g/mol. The van der Waals surface area contributed by atoms with Crippen molar-refractivity contribution < 1.29 is 8.42 Å². The fourth-order valence-corrected chi connectivity index (χ4v) is 3.42. The molecule has 2 aromatic heterocycles. The third-order valence-electron chi connectivity index (χ3n) is 3.95. The third kappa shape index (κ3) is 2.97. The molecule has 22 heavy (non-hydrogen) atoms. The standard InChI is InChI=1S/C14H19N5O2S/c1-15-22(20,21)12-4-5-13(18-9-12)19-8-2-3-11(10-19)14-16-6-7-17-14/h4-7,9,11,15H,2-3,8,10H2,1H3,(H,16,17). The van der Waals surface area contributed by atoms with Gasteiger partial charge in [0.05, 0.1) is 0 Å². The van der Waals surface area contributed by atoms with Crippen molar-refractivity contribution in [3.8, 4) is 0 Å². The maximum absolute atomic E-state index is 11.7. The average Bonchev–Trinajstić information content (AvgIpc) is 3.10. The second-order valence-electron chi connectivity index (χ2n) is 5.32. The van der Waals surface area contributed by atoms with E-state index in [1.54, 1.807) is 18.3 Å². The van der Waals surface area contributed by atoms with Gasteiger partial charge in [0.25, 0.3) is 0 Å². The number of anilines is 1. The van der Waals surface area contributed by atoms with Crippen molar-refractivity contribution in [2.75, 3.05) is 25.0 Å². The van der Waals surface area contributed by atoms with E-state index < -0.39 is 10.0 Å². The van der Waals surface area contributed by atoms with Crippen LogP contribution >= 0.6 is 0 Å². The van der Waals surface area contributed by atoms with Gasteiger partial charge in [-0.15, -0.1) is 0 Å². The summed E-state index contributed by atoms with van der Waals surface area (Å²) in [6.45, 7) is 1.75. The quantitative estimate of drug-likeness (QED) is 0.880. The Morgan fingerprint density at radius 1 is 1.36 bits per heavy atom. The molecule has 0 saturated carbocycles. The average molecular weight is 321 g/mol. The minimum atomic E-state index is -3.44. The van der Waals surface area contributed by atoms with Crippen molar-refractivity contribution in [2.45, 2.75) is 23.7 Å². The summed E-state index contributed by atoms with van der Waals surface area (Å²) in [5.41, 5.74) is 0. The Morgan fingerprint density at radius 3 is 2.86 bits per heavy atom. The van der Waals surface area contributed by atoms with E-state index >= 15 is 0 Å². The molecular formula is C14H19N5O2S. The van der Waals surface area contributed by atoms with Crippen LogP contribution in [0.1, 0.15) is 24.6 Å². The first-order valence-electron chi connectivity index (χ1n) is 7.24. The van der Waals surface area contributed by atoms with Gasteiger partial charge in [-0.05, 0) is 32.0 Å². The van der Waals surface area contributed by atoms with Crippen molar-refractivity contribution in [3.63, 3.8) is 0 Å². The minimum absolute atomic E-state index is 0.179. The molecule has 1 atom stereocenters. The smallest absolute Gasteiger partial charge is 0.241 e. The zero-order chi connectivity index (χ0) is 15.6. The van der Waals surface area contributed by atoms with E-state index in [9.17, 15) is 8.42 Å². The minimum Gasteiger partial charge on any atom is -0.356 e. The monoisotopic (exact) mass is 321 g/mol. The van der Waals surface area contributed by atoms with Crippen LogP contribution in [0, 0.1) is 0 Å². The summed E-state index contributed by atoms with van der Waals surface area (Å²) in [5.74, 6) is 2.15. The van der Waals surface area contributed by atoms with Crippen molar-refractivity contribution in [1.29, 1.82) is 0 Å². The number of hydrogen-bond acceptors (Lipinski definition) is 5. The van der Waals surface area contributed by atoms with Gasteiger partial charge in [0.1, 0.15) is 16.5 Å². The van der Waals surface area contributed by atoms with Gasteiger partial charge in [0, 0.05) is 37.6 Å². The van der Waals surface area contributed by atoms with E-state index in [1.165, 1.54) is 13.2 Å². The molecule has 7 nitrogen and oxygen atoms in total. The Kier molecular flexibility index (Phi) is 4.12. The lowest BCUT2D eigenvalue weighted by Gasteiger charge is -2.32. The van der Waals surface area contributed by atoms with Gasteiger partial charge >= 0.3 is 0 Å². The molecule has 2 N–H and O–H groups in total. The van der Waals surface area contributed by atoms with Gasteiger partial charge in [-0.1, -0.05) is 0 Å². The summed E-state index contributed by atoms with van der Waals surface area (Å²) in [5, 5.41) is 0. The van der Waals surface area contributed by atoms with Gasteiger partial charge in [-0.2, -0.15) is 0 Å². The normalized spacial score (nSPS) is 19.3. The van der Waals surface area contributed by atoms with Crippen LogP contribution in [0.4, 0.5) is 5.82 Å². The number of pyridine rings is 1. The molecule has 1 fully saturated rings. The van der Waals surface area contributed by atoms with E-state index in [0.717, 1.165) is 37.6 Å². The summed E-state index contributed by atoms with van der Waals surface area (Å²) in [6, 6.07) is 3.35. The topological polar surface area (TPSA) is 91.0 Å². The zero-order valence-corrected chi connectivity index (χ0v) is 13.2. The van der Waals surface area contributed by atoms with Crippen molar-refractivity contribution in [3.05, 3.63) is 36.5 Å². The number of hydrogen-bond donors (Lipinski definition) is 2. The van der Waals surface area contributed by atoms with Crippen LogP contribution in [0.25, 0.3) is 0 Å². The van der Waals surface area contributed by atoms with E-state index in [2.05, 4.69) is 24.6 Å². The van der Waals surface area contributed by atoms with E-state index in [0.29, 0.717) is 5.92 Å². The Morgan fingerprint density at radius 2 is 2.23 bits per heavy atom. The predicted molar refractivity (Wildman–Crippen MR) is 83.3 cm³/mol. The molecule has 1 aliphatic rings. The molecule has 118 valence electrons. The molecule has 2 aromatic rings. The second kappa shape index (κ2) is 6.05. The molecule has 0 radical (unpaired) electrons.